The van der Waals surface area contributed by atoms with Crippen LogP contribution in [0.3, 0.4) is 0 Å². The Morgan fingerprint density at radius 3 is 2.18 bits per heavy atom. The maximum atomic E-state index is 6.21. The zero-order valence-corrected chi connectivity index (χ0v) is 15.7. The van der Waals surface area contributed by atoms with Crippen molar-refractivity contribution < 1.29 is 28.4 Å². The van der Waals surface area contributed by atoms with Crippen molar-refractivity contribution in [3.8, 4) is 0 Å². The van der Waals surface area contributed by atoms with Gasteiger partial charge in [-0.15, -0.1) is 0 Å². The van der Waals surface area contributed by atoms with E-state index in [0.717, 1.165) is 11.1 Å². The minimum Gasteiger partial charge on any atom is -0.374 e. The Hall–Kier alpha value is -1.80. The largest absolute Gasteiger partial charge is 0.374 e. The van der Waals surface area contributed by atoms with Gasteiger partial charge in [0.25, 0.3) is 5.97 Å². The first-order chi connectivity index (χ1) is 13.7. The van der Waals surface area contributed by atoms with Gasteiger partial charge in [0.15, 0.2) is 6.29 Å². The fourth-order valence-electron chi connectivity index (χ4n) is 3.99. The van der Waals surface area contributed by atoms with Gasteiger partial charge in [0.1, 0.15) is 24.4 Å². The van der Waals surface area contributed by atoms with Crippen molar-refractivity contribution in [3.05, 3.63) is 71.8 Å². The smallest absolute Gasteiger partial charge is 0.283 e. The number of benzene rings is 2. The molecule has 6 atom stereocenters. The first-order valence-corrected chi connectivity index (χ1v) is 9.66. The molecule has 0 aliphatic carbocycles. The zero-order valence-electron chi connectivity index (χ0n) is 15.7. The second kappa shape index (κ2) is 7.55. The van der Waals surface area contributed by atoms with Crippen LogP contribution in [-0.4, -0.2) is 43.3 Å². The molecule has 2 aromatic carbocycles. The lowest BCUT2D eigenvalue weighted by atomic mass is 9.98. The molecule has 0 aromatic heterocycles. The molecule has 1 unspecified atom stereocenters. The molecule has 6 heteroatoms. The van der Waals surface area contributed by atoms with Crippen molar-refractivity contribution in [2.75, 3.05) is 6.61 Å². The van der Waals surface area contributed by atoms with E-state index in [1.54, 1.807) is 6.92 Å². The Labute approximate surface area is 164 Å². The molecule has 6 nitrogen and oxygen atoms in total. The third-order valence-electron chi connectivity index (χ3n) is 5.30. The Kier molecular flexibility index (Phi) is 4.92. The van der Waals surface area contributed by atoms with Crippen LogP contribution in [-0.2, 0) is 41.6 Å². The van der Waals surface area contributed by atoms with Crippen LogP contribution in [0.4, 0.5) is 0 Å². The molecule has 5 rings (SSSR count). The standard InChI is InChI=1S/C22H24O6/c1-22-26-18-17(14-23-12-15-8-4-2-5-9-15)25-21(28-22)20(27-22)19(18)24-13-16-10-6-3-7-11-16/h2-11,17-21H,12-14H2,1H3/t17-,18-,19+,20-,21-,22?/m1/s1. The molecule has 3 aliphatic heterocycles. The Morgan fingerprint density at radius 1 is 0.821 bits per heavy atom. The summed E-state index contributed by atoms with van der Waals surface area (Å²) in [6.07, 6.45) is -1.70. The molecule has 3 heterocycles. The van der Waals surface area contributed by atoms with Gasteiger partial charge in [0.05, 0.1) is 19.8 Å². The summed E-state index contributed by atoms with van der Waals surface area (Å²) >= 11 is 0. The van der Waals surface area contributed by atoms with E-state index in [1.165, 1.54) is 0 Å². The van der Waals surface area contributed by atoms with Crippen LogP contribution in [0.5, 0.6) is 0 Å². The van der Waals surface area contributed by atoms with Crippen LogP contribution < -0.4 is 0 Å². The van der Waals surface area contributed by atoms with E-state index in [-0.39, 0.29) is 24.4 Å². The van der Waals surface area contributed by atoms with Gasteiger partial charge in [-0.05, 0) is 11.1 Å². The van der Waals surface area contributed by atoms with E-state index in [0.29, 0.717) is 19.8 Å². The molecule has 0 amide bonds. The van der Waals surface area contributed by atoms with Gasteiger partial charge in [0.2, 0.25) is 0 Å². The van der Waals surface area contributed by atoms with E-state index in [9.17, 15) is 0 Å². The SMILES string of the molecule is CC12O[C@H]3O[C@H](COCc4ccccc4)[C@@H](O1)[C@H](OCc1ccccc1)[C@H]3O2. The number of fused-ring (bicyclic) bond motifs is 2. The molecule has 148 valence electrons. The van der Waals surface area contributed by atoms with Gasteiger partial charge in [-0.1, -0.05) is 60.7 Å². The monoisotopic (exact) mass is 384 g/mol. The average Bonchev–Trinajstić information content (AvgIpc) is 2.91. The summed E-state index contributed by atoms with van der Waals surface area (Å²) < 4.78 is 36.0. The summed E-state index contributed by atoms with van der Waals surface area (Å²) in [6.45, 7) is 3.17. The summed E-state index contributed by atoms with van der Waals surface area (Å²) in [7, 11) is 0. The fraction of sp³-hybridized carbons (Fsp3) is 0.455. The van der Waals surface area contributed by atoms with Crippen molar-refractivity contribution in [3.63, 3.8) is 0 Å². The third-order valence-corrected chi connectivity index (χ3v) is 5.30. The van der Waals surface area contributed by atoms with Crippen molar-refractivity contribution in [1.82, 2.24) is 0 Å². The van der Waals surface area contributed by atoms with Crippen LogP contribution in [0, 0.1) is 0 Å². The molecular weight excluding hydrogens is 360 g/mol. The molecular formula is C22H24O6. The Morgan fingerprint density at radius 2 is 1.46 bits per heavy atom. The van der Waals surface area contributed by atoms with E-state index < -0.39 is 12.3 Å². The topological polar surface area (TPSA) is 55.4 Å². The highest BCUT2D eigenvalue weighted by Crippen LogP contribution is 2.46. The molecule has 28 heavy (non-hydrogen) atoms. The van der Waals surface area contributed by atoms with Crippen molar-refractivity contribution in [1.29, 1.82) is 0 Å². The Bertz CT molecular complexity index is 784. The highest BCUT2D eigenvalue weighted by atomic mass is 17.0. The predicted octanol–water partition coefficient (Wildman–Crippen LogP) is 3.00. The summed E-state index contributed by atoms with van der Waals surface area (Å²) in [5, 5.41) is 0. The maximum absolute atomic E-state index is 6.21. The second-order valence-electron chi connectivity index (χ2n) is 7.45. The normalized spacial score (nSPS) is 36.0. The maximum Gasteiger partial charge on any atom is 0.283 e. The fourth-order valence-corrected chi connectivity index (χ4v) is 3.99. The van der Waals surface area contributed by atoms with Gasteiger partial charge in [0, 0.05) is 6.92 Å². The van der Waals surface area contributed by atoms with Crippen LogP contribution >= 0.6 is 0 Å². The van der Waals surface area contributed by atoms with Crippen LogP contribution in [0.25, 0.3) is 0 Å². The lowest BCUT2D eigenvalue weighted by Crippen LogP contribution is -2.62. The summed E-state index contributed by atoms with van der Waals surface area (Å²) in [4.78, 5) is 0. The van der Waals surface area contributed by atoms with Gasteiger partial charge >= 0.3 is 0 Å². The average molecular weight is 384 g/mol. The molecule has 3 aliphatic rings. The number of hydrogen-bond acceptors (Lipinski definition) is 6. The highest BCUT2D eigenvalue weighted by molar-refractivity contribution is 5.14. The quantitative estimate of drug-likeness (QED) is 0.732. The molecule has 3 saturated heterocycles. The third kappa shape index (κ3) is 3.59. The van der Waals surface area contributed by atoms with E-state index in [4.69, 9.17) is 28.4 Å². The second-order valence-corrected chi connectivity index (χ2v) is 7.45. The van der Waals surface area contributed by atoms with Crippen molar-refractivity contribution >= 4 is 0 Å². The van der Waals surface area contributed by atoms with E-state index in [2.05, 4.69) is 0 Å². The first kappa shape index (κ1) is 18.2. The molecule has 0 saturated carbocycles. The van der Waals surface area contributed by atoms with Crippen LogP contribution in [0.1, 0.15) is 18.1 Å². The van der Waals surface area contributed by atoms with Crippen LogP contribution in [0.2, 0.25) is 0 Å². The highest BCUT2D eigenvalue weighted by Gasteiger charge is 2.64. The first-order valence-electron chi connectivity index (χ1n) is 9.66. The molecule has 0 spiro atoms. The summed E-state index contributed by atoms with van der Waals surface area (Å²) in [5.41, 5.74) is 2.22. The molecule has 2 aromatic rings. The van der Waals surface area contributed by atoms with Crippen LogP contribution in [0.15, 0.2) is 60.7 Å². The predicted molar refractivity (Wildman–Crippen MR) is 99.0 cm³/mol. The lowest BCUT2D eigenvalue weighted by Gasteiger charge is -2.45. The van der Waals surface area contributed by atoms with E-state index in [1.807, 2.05) is 60.7 Å². The van der Waals surface area contributed by atoms with Gasteiger partial charge in [-0.3, -0.25) is 4.74 Å². The van der Waals surface area contributed by atoms with Gasteiger partial charge < -0.3 is 23.7 Å². The molecule has 0 N–H and O–H groups in total. The summed E-state index contributed by atoms with van der Waals surface area (Å²) in [6, 6.07) is 20.1. The van der Waals surface area contributed by atoms with Crippen molar-refractivity contribution in [2.45, 2.75) is 56.8 Å². The summed E-state index contributed by atoms with van der Waals surface area (Å²) in [5.74, 6) is -1.08. The van der Waals surface area contributed by atoms with E-state index >= 15 is 0 Å². The van der Waals surface area contributed by atoms with Gasteiger partial charge in [-0.25, -0.2) is 0 Å². The minimum absolute atomic E-state index is 0.278. The minimum atomic E-state index is -1.08. The van der Waals surface area contributed by atoms with Crippen molar-refractivity contribution in [2.24, 2.45) is 0 Å². The molecule has 3 bridgehead atoms. The number of ether oxygens (including phenoxy) is 6. The zero-order chi connectivity index (χ0) is 19.0. The molecule has 0 radical (unpaired) electrons. The lowest BCUT2D eigenvalue weighted by molar-refractivity contribution is -0.387. The van der Waals surface area contributed by atoms with Gasteiger partial charge in [-0.2, -0.15) is 0 Å². The Balaban J connectivity index is 1.25. The number of hydrogen-bond donors (Lipinski definition) is 0. The number of rotatable bonds is 7. The molecule has 3 fully saturated rings.